The smallest absolute Gasteiger partial charge is 0.137 e. The number of aromatic nitrogens is 3. The first-order chi connectivity index (χ1) is 13.3. The fourth-order valence-corrected chi connectivity index (χ4v) is 3.42. The molecule has 3 N–H and O–H groups in total. The van der Waals surface area contributed by atoms with E-state index in [2.05, 4.69) is 50.5 Å². The molecule has 0 saturated carbocycles. The molecular weight excluding hydrogens is 379 g/mol. The van der Waals surface area contributed by atoms with Crippen LogP contribution in [0.15, 0.2) is 61.2 Å². The predicted octanol–water partition coefficient (Wildman–Crippen LogP) is 2.44. The van der Waals surface area contributed by atoms with Gasteiger partial charge in [0.25, 0.3) is 0 Å². The van der Waals surface area contributed by atoms with Crippen molar-refractivity contribution in [3.8, 4) is 0 Å². The molecule has 0 bridgehead atoms. The standard InChI is InChI=1S/C20H23FN6.ClH/c21-19-7-5-17(6-8-19)20-18(11-24-26-20)10-22-9-15-1-3-16(4-2-15)12-27-14-23-13-25-27;/h1-8,13-14,18,20,22,24,26H,9-12H2;1H. The van der Waals surface area contributed by atoms with E-state index in [0.29, 0.717) is 5.92 Å². The SMILES string of the molecule is Cl.Fc1ccc(C2NNCC2CNCc2ccc(Cn3cncn3)cc2)cc1. The highest BCUT2D eigenvalue weighted by Crippen LogP contribution is 2.24. The quantitative estimate of drug-likeness (QED) is 0.566. The summed E-state index contributed by atoms with van der Waals surface area (Å²) in [5.74, 6) is 0.202. The number of hydrazine groups is 1. The topological polar surface area (TPSA) is 66.8 Å². The highest BCUT2D eigenvalue weighted by molar-refractivity contribution is 5.85. The lowest BCUT2D eigenvalue weighted by Crippen LogP contribution is -2.28. The predicted molar refractivity (Wildman–Crippen MR) is 108 cm³/mol. The van der Waals surface area contributed by atoms with E-state index in [9.17, 15) is 4.39 Å². The minimum atomic E-state index is -0.202. The molecule has 2 heterocycles. The summed E-state index contributed by atoms with van der Waals surface area (Å²) in [6.07, 6.45) is 3.26. The van der Waals surface area contributed by atoms with Crippen molar-refractivity contribution in [2.45, 2.75) is 19.1 Å². The molecule has 6 nitrogen and oxygen atoms in total. The zero-order chi connectivity index (χ0) is 18.5. The van der Waals surface area contributed by atoms with E-state index in [4.69, 9.17) is 0 Å². The molecule has 0 spiro atoms. The lowest BCUT2D eigenvalue weighted by Gasteiger charge is -2.19. The first-order valence-corrected chi connectivity index (χ1v) is 9.13. The lowest BCUT2D eigenvalue weighted by molar-refractivity contribution is 0.441. The highest BCUT2D eigenvalue weighted by atomic mass is 35.5. The lowest BCUT2D eigenvalue weighted by atomic mass is 9.95. The van der Waals surface area contributed by atoms with Crippen molar-refractivity contribution < 1.29 is 4.39 Å². The van der Waals surface area contributed by atoms with Gasteiger partial charge in [-0.05, 0) is 28.8 Å². The van der Waals surface area contributed by atoms with Gasteiger partial charge in [0, 0.05) is 25.6 Å². The Hall–Kier alpha value is -2.32. The van der Waals surface area contributed by atoms with Crippen LogP contribution in [0.1, 0.15) is 22.7 Å². The Labute approximate surface area is 169 Å². The molecule has 148 valence electrons. The Morgan fingerprint density at radius 2 is 1.82 bits per heavy atom. The Bertz CT molecular complexity index is 838. The van der Waals surface area contributed by atoms with E-state index >= 15 is 0 Å². The molecule has 0 radical (unpaired) electrons. The van der Waals surface area contributed by atoms with Gasteiger partial charge in [0.2, 0.25) is 0 Å². The maximum atomic E-state index is 13.1. The molecule has 2 atom stereocenters. The summed E-state index contributed by atoms with van der Waals surface area (Å²) in [6.45, 7) is 3.30. The van der Waals surface area contributed by atoms with Crippen LogP contribution in [0.2, 0.25) is 0 Å². The zero-order valence-corrected chi connectivity index (χ0v) is 16.2. The minimum absolute atomic E-state index is 0. The first-order valence-electron chi connectivity index (χ1n) is 9.13. The van der Waals surface area contributed by atoms with Crippen molar-refractivity contribution in [3.63, 3.8) is 0 Å². The number of nitrogens with one attached hydrogen (secondary N) is 3. The van der Waals surface area contributed by atoms with Gasteiger partial charge in [-0.1, -0.05) is 36.4 Å². The van der Waals surface area contributed by atoms with Crippen LogP contribution in [0, 0.1) is 11.7 Å². The molecule has 3 aromatic rings. The van der Waals surface area contributed by atoms with Gasteiger partial charge in [-0.2, -0.15) is 5.10 Å². The Morgan fingerprint density at radius 1 is 1.07 bits per heavy atom. The third-order valence-corrected chi connectivity index (χ3v) is 4.89. The average Bonchev–Trinajstić information content (AvgIpc) is 3.36. The van der Waals surface area contributed by atoms with Crippen LogP contribution in [0.25, 0.3) is 0 Å². The van der Waals surface area contributed by atoms with Gasteiger partial charge in [0.15, 0.2) is 0 Å². The molecule has 1 aliphatic heterocycles. The van der Waals surface area contributed by atoms with Crippen LogP contribution < -0.4 is 16.2 Å². The van der Waals surface area contributed by atoms with E-state index in [1.165, 1.54) is 23.3 Å². The van der Waals surface area contributed by atoms with Crippen LogP contribution >= 0.6 is 12.4 Å². The first kappa shape index (κ1) is 20.4. The van der Waals surface area contributed by atoms with Gasteiger partial charge in [0.05, 0.1) is 12.6 Å². The fraction of sp³-hybridized carbons (Fsp3) is 0.300. The summed E-state index contributed by atoms with van der Waals surface area (Å²) in [5.41, 5.74) is 10.1. The summed E-state index contributed by atoms with van der Waals surface area (Å²) in [6, 6.07) is 15.4. The molecule has 1 aromatic heterocycles. The van der Waals surface area contributed by atoms with Gasteiger partial charge in [-0.15, -0.1) is 12.4 Å². The molecule has 2 aromatic carbocycles. The summed E-state index contributed by atoms with van der Waals surface area (Å²) >= 11 is 0. The van der Waals surface area contributed by atoms with Crippen molar-refractivity contribution in [2.24, 2.45) is 5.92 Å². The van der Waals surface area contributed by atoms with Crippen molar-refractivity contribution in [1.82, 2.24) is 30.9 Å². The summed E-state index contributed by atoms with van der Waals surface area (Å²) in [5, 5.41) is 7.66. The van der Waals surface area contributed by atoms with Gasteiger partial charge in [0.1, 0.15) is 18.5 Å². The summed E-state index contributed by atoms with van der Waals surface area (Å²) in [7, 11) is 0. The van der Waals surface area contributed by atoms with Crippen molar-refractivity contribution in [1.29, 1.82) is 0 Å². The minimum Gasteiger partial charge on any atom is -0.312 e. The number of hydrogen-bond donors (Lipinski definition) is 3. The van der Waals surface area contributed by atoms with Gasteiger partial charge in [-0.3, -0.25) is 5.43 Å². The van der Waals surface area contributed by atoms with Crippen molar-refractivity contribution >= 4 is 12.4 Å². The van der Waals surface area contributed by atoms with E-state index in [0.717, 1.165) is 31.7 Å². The normalized spacial score (nSPS) is 18.8. The molecule has 1 aliphatic rings. The molecule has 0 aliphatic carbocycles. The number of rotatable bonds is 7. The zero-order valence-electron chi connectivity index (χ0n) is 15.4. The summed E-state index contributed by atoms with van der Waals surface area (Å²) in [4.78, 5) is 3.96. The monoisotopic (exact) mass is 402 g/mol. The van der Waals surface area contributed by atoms with E-state index < -0.39 is 0 Å². The Balaban J connectivity index is 0.00000225. The highest BCUT2D eigenvalue weighted by Gasteiger charge is 2.27. The molecule has 28 heavy (non-hydrogen) atoms. The maximum absolute atomic E-state index is 13.1. The van der Waals surface area contributed by atoms with Crippen LogP contribution in [-0.4, -0.2) is 27.9 Å². The summed E-state index contributed by atoms with van der Waals surface area (Å²) < 4.78 is 14.9. The van der Waals surface area contributed by atoms with Crippen LogP contribution in [0.4, 0.5) is 4.39 Å². The third kappa shape index (κ3) is 5.14. The fourth-order valence-electron chi connectivity index (χ4n) is 3.42. The Morgan fingerprint density at radius 3 is 2.54 bits per heavy atom. The van der Waals surface area contributed by atoms with Crippen molar-refractivity contribution in [3.05, 3.63) is 83.7 Å². The van der Waals surface area contributed by atoms with Gasteiger partial charge in [-0.25, -0.2) is 19.5 Å². The Kier molecular flexibility index (Phi) is 7.11. The molecule has 2 unspecified atom stereocenters. The van der Waals surface area contributed by atoms with E-state index in [-0.39, 0.29) is 24.3 Å². The molecular formula is C20H24ClFN6. The second-order valence-corrected chi connectivity index (χ2v) is 6.85. The number of nitrogens with zero attached hydrogens (tertiary/aromatic N) is 3. The number of halogens is 2. The number of hydrogen-bond acceptors (Lipinski definition) is 5. The molecule has 1 fully saturated rings. The van der Waals surface area contributed by atoms with Crippen molar-refractivity contribution in [2.75, 3.05) is 13.1 Å². The maximum Gasteiger partial charge on any atom is 0.137 e. The van der Waals surface area contributed by atoms with Crippen LogP contribution in [-0.2, 0) is 13.1 Å². The van der Waals surface area contributed by atoms with Crippen LogP contribution in [0.3, 0.4) is 0 Å². The molecule has 1 saturated heterocycles. The van der Waals surface area contributed by atoms with Gasteiger partial charge >= 0.3 is 0 Å². The van der Waals surface area contributed by atoms with E-state index in [1.807, 2.05) is 16.8 Å². The molecule has 4 rings (SSSR count). The second kappa shape index (κ2) is 9.75. The molecule has 0 amide bonds. The average molecular weight is 403 g/mol. The van der Waals surface area contributed by atoms with Crippen LogP contribution in [0.5, 0.6) is 0 Å². The molecule has 8 heteroatoms. The third-order valence-electron chi connectivity index (χ3n) is 4.89. The number of benzene rings is 2. The largest absolute Gasteiger partial charge is 0.312 e. The second-order valence-electron chi connectivity index (χ2n) is 6.85. The van der Waals surface area contributed by atoms with Gasteiger partial charge < -0.3 is 5.32 Å². The van der Waals surface area contributed by atoms with E-state index in [1.54, 1.807) is 12.7 Å².